The lowest BCUT2D eigenvalue weighted by molar-refractivity contribution is -0.130. The Kier molecular flexibility index (Phi) is 7.01. The van der Waals surface area contributed by atoms with Gasteiger partial charge in [0.2, 0.25) is 5.91 Å². The summed E-state index contributed by atoms with van der Waals surface area (Å²) in [7, 11) is 0. The minimum atomic E-state index is -1.14. The second-order valence-corrected chi connectivity index (χ2v) is 4.76. The molecule has 0 saturated carbocycles. The van der Waals surface area contributed by atoms with Crippen molar-refractivity contribution in [3.63, 3.8) is 0 Å². The van der Waals surface area contributed by atoms with Crippen molar-refractivity contribution in [3.8, 4) is 17.6 Å². The van der Waals surface area contributed by atoms with E-state index >= 15 is 0 Å². The van der Waals surface area contributed by atoms with Gasteiger partial charge in [-0.05, 0) is 35.9 Å². The van der Waals surface area contributed by atoms with Crippen LogP contribution in [-0.4, -0.2) is 28.3 Å². The van der Waals surface area contributed by atoms with Crippen LogP contribution in [0.5, 0.6) is 5.75 Å². The first-order valence-corrected chi connectivity index (χ1v) is 6.85. The molecule has 0 atom stereocenters. The van der Waals surface area contributed by atoms with E-state index in [0.717, 1.165) is 5.56 Å². The molecular formula is C17H13ClN2O4. The second-order valence-electron chi connectivity index (χ2n) is 4.35. The van der Waals surface area contributed by atoms with Gasteiger partial charge in [-0.25, -0.2) is 4.79 Å². The summed E-state index contributed by atoms with van der Waals surface area (Å²) < 4.78 is 0. The predicted octanol–water partition coefficient (Wildman–Crippen LogP) is 2.26. The number of carboxylic acids is 1. The number of nitrogens with one attached hydrogen (secondary N) is 1. The molecule has 2 rings (SSSR count). The van der Waals surface area contributed by atoms with Gasteiger partial charge < -0.3 is 21.4 Å². The first-order chi connectivity index (χ1) is 11.3. The van der Waals surface area contributed by atoms with E-state index in [2.05, 4.69) is 5.92 Å². The lowest BCUT2D eigenvalue weighted by Gasteiger charge is -1.97. The Labute approximate surface area is 143 Å². The number of carbonyl (C=O) groups is 2. The molecule has 0 aromatic heterocycles. The number of rotatable bonds is 2. The number of nitrogens with two attached hydrogens (primary N) is 1. The van der Waals surface area contributed by atoms with Crippen molar-refractivity contribution in [1.82, 2.24) is 0 Å². The fourth-order valence-electron chi connectivity index (χ4n) is 1.45. The lowest BCUT2D eigenvalue weighted by atomic mass is 10.1. The standard InChI is InChI=1S/C10H7NO2.C7H6ClNO2/c11-7-9-3-1-8(2-4-9)5-6-10(12)13;8-5-3-4(7(9)11)1-2-6(5)10/h1-4,7,11H,(H,12,13);1-3,10H,(H2,9,11). The quantitative estimate of drug-likeness (QED) is 0.492. The maximum Gasteiger partial charge on any atom is 0.382 e. The molecule has 24 heavy (non-hydrogen) atoms. The number of phenolic OH excluding ortho intramolecular Hbond substituents is 1. The van der Waals surface area contributed by atoms with Crippen LogP contribution in [0, 0.1) is 17.3 Å². The molecule has 5 N–H and O–H groups in total. The zero-order chi connectivity index (χ0) is 18.1. The molecule has 0 radical (unpaired) electrons. The van der Waals surface area contributed by atoms with E-state index in [4.69, 9.17) is 33.0 Å². The molecule has 0 aliphatic rings. The highest BCUT2D eigenvalue weighted by atomic mass is 35.5. The average Bonchev–Trinajstić information content (AvgIpc) is 2.56. The topological polar surface area (TPSA) is 124 Å². The summed E-state index contributed by atoms with van der Waals surface area (Å²) in [4.78, 5) is 20.6. The van der Waals surface area contributed by atoms with Crippen molar-refractivity contribution < 1.29 is 19.8 Å². The maximum absolute atomic E-state index is 10.5. The lowest BCUT2D eigenvalue weighted by Crippen LogP contribution is -2.10. The minimum absolute atomic E-state index is 0.0586. The minimum Gasteiger partial charge on any atom is -0.506 e. The molecule has 0 heterocycles. The molecule has 0 aliphatic carbocycles. The number of carbonyl (C=O) groups excluding carboxylic acids is 1. The van der Waals surface area contributed by atoms with Crippen LogP contribution in [0.3, 0.4) is 0 Å². The number of phenols is 1. The SMILES string of the molecule is N=Cc1ccc(C#CC(=O)O)cc1.NC(=O)c1ccc(O)c(Cl)c1. The van der Waals surface area contributed by atoms with Gasteiger partial charge >= 0.3 is 5.97 Å². The molecule has 2 aromatic rings. The van der Waals surface area contributed by atoms with Gasteiger partial charge in [-0.2, -0.15) is 0 Å². The zero-order valence-corrected chi connectivity index (χ0v) is 13.0. The monoisotopic (exact) mass is 344 g/mol. The third-order valence-electron chi connectivity index (χ3n) is 2.62. The average molecular weight is 345 g/mol. The molecule has 122 valence electrons. The van der Waals surface area contributed by atoms with Gasteiger partial charge in [0.1, 0.15) is 5.75 Å². The summed E-state index contributed by atoms with van der Waals surface area (Å²) in [6.07, 6.45) is 1.22. The third kappa shape index (κ3) is 6.22. The van der Waals surface area contributed by atoms with E-state index in [1.807, 2.05) is 5.92 Å². The van der Waals surface area contributed by atoms with Gasteiger partial charge in [-0.3, -0.25) is 4.79 Å². The molecule has 0 bridgehead atoms. The number of aliphatic carboxylic acids is 1. The highest BCUT2D eigenvalue weighted by Crippen LogP contribution is 2.23. The van der Waals surface area contributed by atoms with Crippen LogP contribution in [0.4, 0.5) is 0 Å². The molecule has 6 nitrogen and oxygen atoms in total. The smallest absolute Gasteiger partial charge is 0.382 e. The maximum atomic E-state index is 10.5. The zero-order valence-electron chi connectivity index (χ0n) is 12.3. The number of carboxylic acid groups (broad SMARTS) is 1. The van der Waals surface area contributed by atoms with Crippen molar-refractivity contribution in [2.75, 3.05) is 0 Å². The van der Waals surface area contributed by atoms with E-state index in [9.17, 15) is 9.59 Å². The number of halogens is 1. The highest BCUT2D eigenvalue weighted by molar-refractivity contribution is 6.32. The van der Waals surface area contributed by atoms with Crippen LogP contribution < -0.4 is 5.73 Å². The number of amides is 1. The molecule has 2 aromatic carbocycles. The van der Waals surface area contributed by atoms with Gasteiger partial charge in [0, 0.05) is 23.3 Å². The van der Waals surface area contributed by atoms with Crippen LogP contribution in [0.1, 0.15) is 21.5 Å². The van der Waals surface area contributed by atoms with Gasteiger partial charge in [0.25, 0.3) is 0 Å². The largest absolute Gasteiger partial charge is 0.506 e. The van der Waals surface area contributed by atoms with Crippen LogP contribution in [0.2, 0.25) is 5.02 Å². The van der Waals surface area contributed by atoms with Crippen molar-refractivity contribution in [2.45, 2.75) is 0 Å². The number of primary amides is 1. The van der Waals surface area contributed by atoms with Crippen molar-refractivity contribution in [1.29, 1.82) is 5.41 Å². The van der Waals surface area contributed by atoms with Gasteiger partial charge in [-0.1, -0.05) is 29.7 Å². The Balaban J connectivity index is 0.000000243. The summed E-state index contributed by atoms with van der Waals surface area (Å²) in [6.45, 7) is 0. The fraction of sp³-hybridized carbons (Fsp3) is 0. The summed E-state index contributed by atoms with van der Waals surface area (Å²) in [6, 6.07) is 10.8. The van der Waals surface area contributed by atoms with Gasteiger partial charge in [0.15, 0.2) is 0 Å². The Hall–Kier alpha value is -3.30. The van der Waals surface area contributed by atoms with Crippen LogP contribution in [-0.2, 0) is 4.79 Å². The third-order valence-corrected chi connectivity index (χ3v) is 2.93. The summed E-state index contributed by atoms with van der Waals surface area (Å²) in [5, 5.41) is 24.3. The van der Waals surface area contributed by atoms with Crippen LogP contribution in [0.15, 0.2) is 42.5 Å². The first kappa shape index (κ1) is 18.7. The molecular weight excluding hydrogens is 332 g/mol. The number of hydrogen-bond donors (Lipinski definition) is 4. The van der Waals surface area contributed by atoms with Crippen LogP contribution in [0.25, 0.3) is 0 Å². The van der Waals surface area contributed by atoms with Gasteiger partial charge in [0.05, 0.1) is 5.02 Å². The van der Waals surface area contributed by atoms with Crippen molar-refractivity contribution in [3.05, 3.63) is 64.2 Å². The highest BCUT2D eigenvalue weighted by Gasteiger charge is 2.03. The predicted molar refractivity (Wildman–Crippen MR) is 90.5 cm³/mol. The Morgan fingerprint density at radius 3 is 2.25 bits per heavy atom. The summed E-state index contributed by atoms with van der Waals surface area (Å²) in [5.41, 5.74) is 6.64. The van der Waals surface area contributed by atoms with E-state index in [1.54, 1.807) is 24.3 Å². The van der Waals surface area contributed by atoms with Crippen molar-refractivity contribution >= 4 is 29.7 Å². The normalized spacial score (nSPS) is 8.88. The number of hydrogen-bond acceptors (Lipinski definition) is 4. The molecule has 0 aliphatic heterocycles. The van der Waals surface area contributed by atoms with E-state index in [1.165, 1.54) is 24.4 Å². The first-order valence-electron chi connectivity index (χ1n) is 6.47. The number of benzene rings is 2. The second kappa shape index (κ2) is 8.98. The molecule has 7 heteroatoms. The van der Waals surface area contributed by atoms with E-state index < -0.39 is 11.9 Å². The molecule has 0 unspecified atom stereocenters. The molecule has 0 fully saturated rings. The van der Waals surface area contributed by atoms with Crippen LogP contribution >= 0.6 is 11.6 Å². The Bertz CT molecular complexity index is 821. The summed E-state index contributed by atoms with van der Waals surface area (Å²) >= 11 is 5.50. The Morgan fingerprint density at radius 1 is 1.17 bits per heavy atom. The molecule has 1 amide bonds. The van der Waals surface area contributed by atoms with Crippen molar-refractivity contribution in [2.24, 2.45) is 5.73 Å². The van der Waals surface area contributed by atoms with Gasteiger partial charge in [-0.15, -0.1) is 0 Å². The van der Waals surface area contributed by atoms with E-state index in [-0.39, 0.29) is 16.3 Å². The van der Waals surface area contributed by atoms with E-state index in [0.29, 0.717) is 5.56 Å². The Morgan fingerprint density at radius 2 is 1.79 bits per heavy atom. The molecule has 0 saturated heterocycles. The molecule has 0 spiro atoms. The summed E-state index contributed by atoms with van der Waals surface area (Å²) in [5.74, 6) is 2.72. The fourth-order valence-corrected chi connectivity index (χ4v) is 1.63. The number of aromatic hydroxyl groups is 1.